The van der Waals surface area contributed by atoms with Gasteiger partial charge in [-0.1, -0.05) is 71.6 Å². The smallest absolute Gasteiger partial charge is 0.748 e. The molecule has 23 heavy (non-hydrogen) atoms. The maximum atomic E-state index is 11.3. The first-order chi connectivity index (χ1) is 10.4. The van der Waals surface area contributed by atoms with Crippen molar-refractivity contribution in [1.29, 1.82) is 0 Å². The van der Waals surface area contributed by atoms with Crippen LogP contribution in [0, 0.1) is 0 Å². The zero-order valence-corrected chi connectivity index (χ0v) is 18.2. The van der Waals surface area contributed by atoms with Gasteiger partial charge >= 0.3 is 29.6 Å². The molecule has 0 rings (SSSR count). The van der Waals surface area contributed by atoms with E-state index < -0.39 is 15.4 Å². The van der Waals surface area contributed by atoms with Gasteiger partial charge < -0.3 is 9.66 Å². The van der Waals surface area contributed by atoms with Gasteiger partial charge in [0.1, 0.15) is 0 Å². The number of rotatable bonds is 15. The average Bonchev–Trinajstić information content (AvgIpc) is 2.45. The summed E-state index contributed by atoms with van der Waals surface area (Å²) < 4.78 is 33.8. The van der Waals surface area contributed by atoms with Crippen molar-refractivity contribution in [3.8, 4) is 0 Å². The standard InChI is InChI=1S/C17H36O4S.Na/c1-3-5-7-9-12-16(18)13-10-11-15-17(22(19,20)21)14-8-6-4-2;/h16-18H,3-15H2,1-2H3,(H,19,20,21);/q;+1/p-1. The van der Waals surface area contributed by atoms with E-state index >= 15 is 0 Å². The molecule has 1 N–H and O–H groups in total. The molecule has 134 valence electrons. The Morgan fingerprint density at radius 3 is 1.65 bits per heavy atom. The molecule has 0 saturated carbocycles. The molecule has 0 amide bonds. The first-order valence-corrected chi connectivity index (χ1v) is 10.5. The molecule has 0 aromatic rings. The molecule has 0 aliphatic heterocycles. The zero-order chi connectivity index (χ0) is 16.8. The SMILES string of the molecule is CCCCCCC(O)CCCCC(CCCCC)S(=O)(=O)[O-].[Na+]. The zero-order valence-electron chi connectivity index (χ0n) is 15.4. The molecule has 0 spiro atoms. The predicted octanol–water partition coefficient (Wildman–Crippen LogP) is 1.38. The molecular formula is C17H35NaO4S. The Bertz CT molecular complexity index is 347. The van der Waals surface area contributed by atoms with Crippen LogP contribution in [0.2, 0.25) is 0 Å². The van der Waals surface area contributed by atoms with Gasteiger partial charge in [-0.15, -0.1) is 0 Å². The van der Waals surface area contributed by atoms with Crippen LogP contribution in [0.1, 0.15) is 97.3 Å². The Labute approximate surface area is 165 Å². The van der Waals surface area contributed by atoms with Crippen LogP contribution in [-0.2, 0) is 10.1 Å². The van der Waals surface area contributed by atoms with Gasteiger partial charge in [0.25, 0.3) is 0 Å². The van der Waals surface area contributed by atoms with Gasteiger partial charge in [0.2, 0.25) is 0 Å². The third-order valence-corrected chi connectivity index (χ3v) is 5.53. The van der Waals surface area contributed by atoms with Crippen molar-refractivity contribution in [2.24, 2.45) is 0 Å². The van der Waals surface area contributed by atoms with Crippen LogP contribution in [0.25, 0.3) is 0 Å². The molecule has 2 atom stereocenters. The number of aliphatic hydroxyl groups excluding tert-OH is 1. The van der Waals surface area contributed by atoms with E-state index in [-0.39, 0.29) is 35.7 Å². The van der Waals surface area contributed by atoms with Gasteiger partial charge in [-0.2, -0.15) is 0 Å². The minimum absolute atomic E-state index is 0. The van der Waals surface area contributed by atoms with Crippen molar-refractivity contribution in [3.63, 3.8) is 0 Å². The second-order valence-corrected chi connectivity index (χ2v) is 8.05. The second kappa shape index (κ2) is 16.3. The summed E-state index contributed by atoms with van der Waals surface area (Å²) in [5.74, 6) is 0. The molecule has 2 unspecified atom stereocenters. The van der Waals surface area contributed by atoms with E-state index in [9.17, 15) is 18.1 Å². The summed E-state index contributed by atoms with van der Waals surface area (Å²) in [7, 11) is -4.18. The van der Waals surface area contributed by atoms with Crippen molar-refractivity contribution in [2.45, 2.75) is 109 Å². The summed E-state index contributed by atoms with van der Waals surface area (Å²) >= 11 is 0. The molecule has 0 aliphatic rings. The fourth-order valence-electron chi connectivity index (χ4n) is 2.76. The van der Waals surface area contributed by atoms with E-state index in [1.54, 1.807) is 0 Å². The van der Waals surface area contributed by atoms with Crippen LogP contribution in [0.3, 0.4) is 0 Å². The molecule has 4 nitrogen and oxygen atoms in total. The second-order valence-electron chi connectivity index (χ2n) is 6.40. The maximum Gasteiger partial charge on any atom is 1.00 e. The van der Waals surface area contributed by atoms with Crippen LogP contribution in [-0.4, -0.2) is 29.4 Å². The van der Waals surface area contributed by atoms with Gasteiger partial charge in [-0.25, -0.2) is 8.42 Å². The average molecular weight is 359 g/mol. The van der Waals surface area contributed by atoms with Crippen molar-refractivity contribution in [3.05, 3.63) is 0 Å². The van der Waals surface area contributed by atoms with Gasteiger partial charge in [-0.05, 0) is 25.7 Å². The largest absolute Gasteiger partial charge is 1.00 e. The Balaban J connectivity index is 0. The third kappa shape index (κ3) is 16.1. The fraction of sp³-hybridized carbons (Fsp3) is 1.00. The fourth-order valence-corrected chi connectivity index (χ4v) is 3.67. The molecular weight excluding hydrogens is 323 g/mol. The summed E-state index contributed by atoms with van der Waals surface area (Å²) in [5, 5.41) is 9.13. The van der Waals surface area contributed by atoms with E-state index in [0.29, 0.717) is 25.7 Å². The monoisotopic (exact) mass is 358 g/mol. The number of hydrogen-bond donors (Lipinski definition) is 1. The minimum Gasteiger partial charge on any atom is -0.748 e. The van der Waals surface area contributed by atoms with Crippen molar-refractivity contribution in [2.75, 3.05) is 0 Å². The predicted molar refractivity (Wildman–Crippen MR) is 90.9 cm³/mol. The van der Waals surface area contributed by atoms with Gasteiger partial charge in [-0.3, -0.25) is 0 Å². The van der Waals surface area contributed by atoms with E-state index in [1.165, 1.54) is 19.3 Å². The molecule has 0 radical (unpaired) electrons. The summed E-state index contributed by atoms with van der Waals surface area (Å²) in [6, 6.07) is 0. The van der Waals surface area contributed by atoms with E-state index in [2.05, 4.69) is 13.8 Å². The van der Waals surface area contributed by atoms with Gasteiger partial charge in [0, 0.05) is 5.25 Å². The Hall–Kier alpha value is 0.870. The van der Waals surface area contributed by atoms with Crippen LogP contribution in [0.4, 0.5) is 0 Å². The first kappa shape index (κ1) is 26.1. The topological polar surface area (TPSA) is 77.4 Å². The van der Waals surface area contributed by atoms with Crippen LogP contribution in [0.5, 0.6) is 0 Å². The normalized spacial score (nSPS) is 14.3. The van der Waals surface area contributed by atoms with E-state index in [1.807, 2.05) is 0 Å². The van der Waals surface area contributed by atoms with Crippen LogP contribution in [0.15, 0.2) is 0 Å². The molecule has 0 bridgehead atoms. The summed E-state index contributed by atoms with van der Waals surface area (Å²) in [6.45, 7) is 4.22. The van der Waals surface area contributed by atoms with Crippen molar-refractivity contribution in [1.82, 2.24) is 0 Å². The van der Waals surface area contributed by atoms with Crippen LogP contribution < -0.4 is 29.6 Å². The maximum absolute atomic E-state index is 11.3. The minimum atomic E-state index is -4.18. The van der Waals surface area contributed by atoms with E-state index in [4.69, 9.17) is 0 Å². The molecule has 0 aromatic heterocycles. The number of unbranched alkanes of at least 4 members (excludes halogenated alkanes) is 6. The summed E-state index contributed by atoms with van der Waals surface area (Å²) in [6.07, 6.45) is 11.2. The Morgan fingerprint density at radius 1 is 0.783 bits per heavy atom. The molecule has 0 saturated heterocycles. The van der Waals surface area contributed by atoms with Crippen LogP contribution >= 0.6 is 0 Å². The molecule has 6 heteroatoms. The third-order valence-electron chi connectivity index (χ3n) is 4.24. The molecule has 0 heterocycles. The molecule has 0 fully saturated rings. The molecule has 0 aliphatic carbocycles. The Kier molecular flexibility index (Phi) is 18.5. The van der Waals surface area contributed by atoms with Gasteiger partial charge in [0.15, 0.2) is 0 Å². The van der Waals surface area contributed by atoms with Crippen molar-refractivity contribution >= 4 is 10.1 Å². The quantitative estimate of drug-likeness (QED) is 0.272. The Morgan fingerprint density at radius 2 is 1.17 bits per heavy atom. The number of hydrogen-bond acceptors (Lipinski definition) is 4. The first-order valence-electron chi connectivity index (χ1n) is 9.04. The summed E-state index contributed by atoms with van der Waals surface area (Å²) in [5.41, 5.74) is 0. The van der Waals surface area contributed by atoms with E-state index in [0.717, 1.165) is 38.5 Å². The van der Waals surface area contributed by atoms with Crippen molar-refractivity contribution < 1.29 is 47.6 Å². The number of aliphatic hydroxyl groups is 1. The van der Waals surface area contributed by atoms with Gasteiger partial charge in [0.05, 0.1) is 16.2 Å². The summed E-state index contributed by atoms with van der Waals surface area (Å²) in [4.78, 5) is 0. The molecule has 0 aromatic carbocycles.